The minimum Gasteiger partial charge on any atom is -0.485 e. The van der Waals surface area contributed by atoms with Crippen molar-refractivity contribution >= 4 is 11.3 Å². The van der Waals surface area contributed by atoms with Gasteiger partial charge in [0.1, 0.15) is 13.2 Å². The fourth-order valence-corrected chi connectivity index (χ4v) is 1.49. The molecule has 1 aromatic heterocycles. The minimum atomic E-state index is 0. The molecule has 1 aliphatic heterocycles. The summed E-state index contributed by atoms with van der Waals surface area (Å²) in [6.45, 7) is 1.37. The Hall–Kier alpha value is 0.0403. The van der Waals surface area contributed by atoms with Crippen molar-refractivity contribution in [3.05, 3.63) is 11.4 Å². The van der Waals surface area contributed by atoms with E-state index in [1.54, 1.807) is 11.3 Å². The van der Waals surface area contributed by atoms with Crippen molar-refractivity contribution in [2.45, 2.75) is 0 Å². The van der Waals surface area contributed by atoms with E-state index in [2.05, 4.69) is 0 Å². The van der Waals surface area contributed by atoms with Gasteiger partial charge in [-0.1, -0.05) is 0 Å². The van der Waals surface area contributed by atoms with E-state index in [0.29, 0.717) is 13.2 Å². The summed E-state index contributed by atoms with van der Waals surface area (Å²) < 4.78 is 10.5. The van der Waals surface area contributed by atoms with Gasteiger partial charge < -0.3 is 9.47 Å². The molecule has 2 heterocycles. The molecule has 0 aromatic carbocycles. The molecule has 0 bridgehead atoms. The fourth-order valence-electron chi connectivity index (χ4n) is 0.782. The molecule has 0 saturated heterocycles. The van der Waals surface area contributed by atoms with Gasteiger partial charge in [-0.15, -0.1) is 11.3 Å². The first-order valence-corrected chi connectivity index (χ1v) is 3.68. The number of rotatable bonds is 0. The summed E-state index contributed by atoms with van der Waals surface area (Å²) in [4.78, 5) is 0. The van der Waals surface area contributed by atoms with Gasteiger partial charge in [0.2, 0.25) is 5.06 Å². The smallest absolute Gasteiger partial charge is 0.217 e. The van der Waals surface area contributed by atoms with E-state index in [1.165, 1.54) is 0 Å². The number of hydrogen-bond donors (Lipinski definition) is 0. The van der Waals surface area contributed by atoms with Gasteiger partial charge in [-0.05, 0) is 11.4 Å². The Balaban J connectivity index is 0.000000500. The number of fused-ring (bicyclic) bond motifs is 1. The summed E-state index contributed by atoms with van der Waals surface area (Å²) in [5.74, 6) is 0.895. The predicted octanol–water partition coefficient (Wildman–Crippen LogP) is 1.52. The number of hydrogen-bond acceptors (Lipinski definition) is 3. The van der Waals surface area contributed by atoms with Crippen molar-refractivity contribution < 1.29 is 31.9 Å². The summed E-state index contributed by atoms with van der Waals surface area (Å²) >= 11 is 1.58. The van der Waals surface area contributed by atoms with E-state index in [9.17, 15) is 0 Å². The quantitative estimate of drug-likeness (QED) is 0.668. The Kier molecular flexibility index (Phi) is 2.80. The van der Waals surface area contributed by atoms with Crippen LogP contribution in [0.1, 0.15) is 0 Å². The molecule has 2 rings (SSSR count). The van der Waals surface area contributed by atoms with E-state index in [0.717, 1.165) is 10.8 Å². The second kappa shape index (κ2) is 3.44. The summed E-state index contributed by atoms with van der Waals surface area (Å²) in [5.41, 5.74) is 0. The number of thiophene rings is 1. The summed E-state index contributed by atoms with van der Waals surface area (Å²) in [6, 6.07) is 1.93. The Morgan fingerprint density at radius 2 is 2.10 bits per heavy atom. The van der Waals surface area contributed by atoms with Gasteiger partial charge in [-0.2, -0.15) is 0 Å². The Labute approximate surface area is 78.7 Å². The van der Waals surface area contributed by atoms with E-state index >= 15 is 0 Å². The summed E-state index contributed by atoms with van der Waals surface area (Å²) in [7, 11) is 0. The van der Waals surface area contributed by atoms with Crippen LogP contribution in [0.3, 0.4) is 0 Å². The molecular weight excluding hydrogens is 333 g/mol. The average Bonchev–Trinajstić information content (AvgIpc) is 2.33. The van der Waals surface area contributed by atoms with Gasteiger partial charge in [-0.25, -0.2) is 0 Å². The number of ether oxygens (including phenoxy) is 2. The zero-order valence-electron chi connectivity index (χ0n) is 5.10. The van der Waals surface area contributed by atoms with Crippen LogP contribution in [-0.2, 0) is 22.4 Å². The molecule has 0 spiro atoms. The van der Waals surface area contributed by atoms with Gasteiger partial charge in [0, 0.05) is 22.4 Å². The van der Waals surface area contributed by atoms with Crippen LogP contribution in [0.25, 0.3) is 0 Å². The zero-order valence-corrected chi connectivity index (χ0v) is 8.08. The van der Waals surface area contributed by atoms with Crippen LogP contribution in [0.4, 0.5) is 0 Å². The van der Waals surface area contributed by atoms with Gasteiger partial charge in [0.15, 0.2) is 5.75 Å². The molecule has 4 heteroatoms. The first kappa shape index (κ1) is 8.14. The van der Waals surface area contributed by atoms with Crippen molar-refractivity contribution in [2.24, 2.45) is 0 Å². The maximum absolute atomic E-state index is 5.26. The van der Waals surface area contributed by atoms with Crippen LogP contribution in [0.2, 0.25) is 0 Å². The molecule has 1 radical (unpaired) electrons. The second-order valence-corrected chi connectivity index (χ2v) is 2.65. The van der Waals surface area contributed by atoms with Gasteiger partial charge in [-0.3, -0.25) is 0 Å². The fraction of sp³-hybridized carbons (Fsp3) is 0.333. The third-order valence-corrected chi connectivity index (χ3v) is 1.98. The van der Waals surface area contributed by atoms with Crippen molar-refractivity contribution in [1.29, 1.82) is 0 Å². The topological polar surface area (TPSA) is 18.5 Å². The van der Waals surface area contributed by atoms with Crippen molar-refractivity contribution in [3.63, 3.8) is 0 Å². The maximum Gasteiger partial charge on any atom is 0.217 e. The van der Waals surface area contributed by atoms with E-state index < -0.39 is 0 Å². The van der Waals surface area contributed by atoms with Crippen LogP contribution in [0.5, 0.6) is 10.8 Å². The molecular formula is C6H6AuO2S. The van der Waals surface area contributed by atoms with Crippen LogP contribution in [0.15, 0.2) is 11.4 Å². The third-order valence-electron chi connectivity index (χ3n) is 1.17. The van der Waals surface area contributed by atoms with Gasteiger partial charge in [0.05, 0.1) is 0 Å². The molecule has 59 valence electrons. The largest absolute Gasteiger partial charge is 0.485 e. The second-order valence-electron chi connectivity index (χ2n) is 1.77. The Morgan fingerprint density at radius 1 is 1.30 bits per heavy atom. The Morgan fingerprint density at radius 3 is 2.90 bits per heavy atom. The first-order chi connectivity index (χ1) is 4.47. The monoisotopic (exact) mass is 339 g/mol. The van der Waals surface area contributed by atoms with Crippen LogP contribution in [-0.4, -0.2) is 13.2 Å². The normalized spacial score (nSPS) is 14.0. The first-order valence-electron chi connectivity index (χ1n) is 2.80. The molecule has 0 N–H and O–H groups in total. The molecule has 0 fully saturated rings. The molecule has 0 amide bonds. The molecule has 0 saturated carbocycles. The van der Waals surface area contributed by atoms with Gasteiger partial charge in [0.25, 0.3) is 0 Å². The van der Waals surface area contributed by atoms with Crippen molar-refractivity contribution in [3.8, 4) is 10.8 Å². The molecule has 2 nitrogen and oxygen atoms in total. The summed E-state index contributed by atoms with van der Waals surface area (Å²) in [6.07, 6.45) is 0. The van der Waals surface area contributed by atoms with E-state index in [-0.39, 0.29) is 22.4 Å². The summed E-state index contributed by atoms with van der Waals surface area (Å²) in [5, 5.41) is 2.89. The molecule has 0 unspecified atom stereocenters. The average molecular weight is 339 g/mol. The van der Waals surface area contributed by atoms with Gasteiger partial charge >= 0.3 is 0 Å². The van der Waals surface area contributed by atoms with Crippen molar-refractivity contribution in [2.75, 3.05) is 13.2 Å². The van der Waals surface area contributed by atoms with Crippen LogP contribution in [0, 0.1) is 0 Å². The zero-order chi connectivity index (χ0) is 6.10. The molecule has 0 atom stereocenters. The standard InChI is InChI=1S/C6H6O2S.Au/c1-4-9-6-5(1)7-2-3-8-6;/h1,4H,2-3H2;. The maximum atomic E-state index is 5.26. The van der Waals surface area contributed by atoms with E-state index in [1.807, 2.05) is 11.4 Å². The minimum absolute atomic E-state index is 0. The molecule has 0 aliphatic carbocycles. The predicted molar refractivity (Wildman–Crippen MR) is 35.3 cm³/mol. The van der Waals surface area contributed by atoms with Crippen LogP contribution >= 0.6 is 11.3 Å². The molecule has 10 heavy (non-hydrogen) atoms. The third kappa shape index (κ3) is 1.37. The van der Waals surface area contributed by atoms with Crippen LogP contribution < -0.4 is 9.47 Å². The molecule has 1 aliphatic rings. The SMILES string of the molecule is [Au].c1cc2c(s1)OCCO2. The van der Waals surface area contributed by atoms with E-state index in [4.69, 9.17) is 9.47 Å². The van der Waals surface area contributed by atoms with Crippen molar-refractivity contribution in [1.82, 2.24) is 0 Å². The molecule has 1 aromatic rings. The Bertz CT molecular complexity index is 191.